The van der Waals surface area contributed by atoms with Crippen molar-refractivity contribution in [1.29, 1.82) is 0 Å². The third kappa shape index (κ3) is 2.71. The fourth-order valence-corrected chi connectivity index (χ4v) is 1.55. The summed E-state index contributed by atoms with van der Waals surface area (Å²) in [6.45, 7) is 0.965. The maximum Gasteiger partial charge on any atom is 0.0957 e. The van der Waals surface area contributed by atoms with Crippen LogP contribution in [-0.2, 0) is 6.54 Å². The third-order valence-corrected chi connectivity index (χ3v) is 2.84. The fourth-order valence-electron chi connectivity index (χ4n) is 1.19. The number of hydrogen-bond donors (Lipinski definition) is 1. The molecule has 0 atom stereocenters. The van der Waals surface area contributed by atoms with Crippen LogP contribution in [0.2, 0.25) is 0 Å². The maximum absolute atomic E-state index is 4.32. The van der Waals surface area contributed by atoms with Gasteiger partial charge in [-0.3, -0.25) is 0 Å². The highest BCUT2D eigenvalue weighted by Crippen LogP contribution is 2.19. The van der Waals surface area contributed by atoms with Crippen LogP contribution in [0.15, 0.2) is 23.4 Å². The number of nitrogens with one attached hydrogen (secondary N) is 1. The van der Waals surface area contributed by atoms with Gasteiger partial charge in [0.25, 0.3) is 0 Å². The molecule has 2 rings (SSSR count). The highest BCUT2D eigenvalue weighted by molar-refractivity contribution is 7.98. The molecule has 13 heavy (non-hydrogen) atoms. The van der Waals surface area contributed by atoms with Crippen molar-refractivity contribution in [2.75, 3.05) is 6.26 Å². The number of thioether (sulfide) groups is 1. The quantitative estimate of drug-likeness (QED) is 0.743. The summed E-state index contributed by atoms with van der Waals surface area (Å²) in [4.78, 5) is 4.32. The van der Waals surface area contributed by atoms with Gasteiger partial charge >= 0.3 is 0 Å². The molecule has 1 heterocycles. The van der Waals surface area contributed by atoms with Crippen LogP contribution in [0, 0.1) is 0 Å². The van der Waals surface area contributed by atoms with Gasteiger partial charge in [-0.1, -0.05) is 6.07 Å². The van der Waals surface area contributed by atoms with E-state index in [4.69, 9.17) is 0 Å². The van der Waals surface area contributed by atoms with Crippen LogP contribution in [0.25, 0.3) is 0 Å². The molecular formula is C10H14N2S. The second-order valence-corrected chi connectivity index (χ2v) is 4.19. The predicted octanol–water partition coefficient (Wildman–Crippen LogP) is 2.06. The van der Waals surface area contributed by atoms with Gasteiger partial charge in [0.15, 0.2) is 0 Å². The second-order valence-electron chi connectivity index (χ2n) is 3.36. The molecule has 1 aliphatic rings. The van der Waals surface area contributed by atoms with E-state index in [0.717, 1.165) is 17.6 Å². The first-order valence-corrected chi connectivity index (χ1v) is 5.83. The van der Waals surface area contributed by atoms with Gasteiger partial charge in [0, 0.05) is 18.8 Å². The molecule has 0 spiro atoms. The summed E-state index contributed by atoms with van der Waals surface area (Å²) in [6, 6.07) is 5.00. The van der Waals surface area contributed by atoms with E-state index < -0.39 is 0 Å². The number of pyridine rings is 1. The Morgan fingerprint density at radius 1 is 1.54 bits per heavy atom. The largest absolute Gasteiger partial charge is 0.310 e. The molecule has 0 radical (unpaired) electrons. The van der Waals surface area contributed by atoms with Crippen molar-refractivity contribution in [3.05, 3.63) is 23.9 Å². The molecule has 0 aromatic carbocycles. The third-order valence-electron chi connectivity index (χ3n) is 2.18. The Balaban J connectivity index is 1.88. The summed E-state index contributed by atoms with van der Waals surface area (Å²) in [5, 5.41) is 4.56. The summed E-state index contributed by atoms with van der Waals surface area (Å²) in [5.74, 6) is 0. The van der Waals surface area contributed by atoms with Crippen LogP contribution in [0.3, 0.4) is 0 Å². The lowest BCUT2D eigenvalue weighted by molar-refractivity contribution is 0.685. The van der Waals surface area contributed by atoms with E-state index in [0.29, 0.717) is 0 Å². The highest BCUT2D eigenvalue weighted by atomic mass is 32.2. The minimum absolute atomic E-state index is 0.778. The molecule has 1 saturated carbocycles. The number of hydrogen-bond acceptors (Lipinski definition) is 3. The van der Waals surface area contributed by atoms with E-state index in [2.05, 4.69) is 22.4 Å². The zero-order chi connectivity index (χ0) is 9.10. The SMILES string of the molecule is CSc1ccc(CNC2CC2)cn1. The van der Waals surface area contributed by atoms with Gasteiger partial charge in [-0.25, -0.2) is 4.98 Å². The molecule has 0 bridgehead atoms. The highest BCUT2D eigenvalue weighted by Gasteiger charge is 2.19. The zero-order valence-electron chi connectivity index (χ0n) is 7.79. The second kappa shape index (κ2) is 4.11. The average molecular weight is 194 g/mol. The van der Waals surface area contributed by atoms with Crippen LogP contribution < -0.4 is 5.32 Å². The molecule has 0 unspecified atom stereocenters. The van der Waals surface area contributed by atoms with E-state index in [9.17, 15) is 0 Å². The van der Waals surface area contributed by atoms with Crippen molar-refractivity contribution in [2.45, 2.75) is 30.5 Å². The van der Waals surface area contributed by atoms with Crippen molar-refractivity contribution >= 4 is 11.8 Å². The first-order valence-electron chi connectivity index (χ1n) is 4.61. The number of nitrogens with zero attached hydrogens (tertiary/aromatic N) is 1. The van der Waals surface area contributed by atoms with Crippen LogP contribution in [0.4, 0.5) is 0 Å². The summed E-state index contributed by atoms with van der Waals surface area (Å²) in [7, 11) is 0. The first-order chi connectivity index (χ1) is 6.38. The van der Waals surface area contributed by atoms with Gasteiger partial charge in [0.1, 0.15) is 0 Å². The van der Waals surface area contributed by atoms with Crippen LogP contribution in [0.1, 0.15) is 18.4 Å². The molecule has 1 aliphatic carbocycles. The van der Waals surface area contributed by atoms with Gasteiger partial charge in [0.2, 0.25) is 0 Å². The Morgan fingerprint density at radius 2 is 2.38 bits per heavy atom. The molecule has 2 nitrogen and oxygen atoms in total. The molecule has 1 N–H and O–H groups in total. The Labute approximate surface area is 83.1 Å². The zero-order valence-corrected chi connectivity index (χ0v) is 8.60. The fraction of sp³-hybridized carbons (Fsp3) is 0.500. The summed E-state index contributed by atoms with van der Waals surface area (Å²) >= 11 is 1.68. The van der Waals surface area contributed by atoms with E-state index in [1.54, 1.807) is 11.8 Å². The molecule has 0 amide bonds. The smallest absolute Gasteiger partial charge is 0.0957 e. The Morgan fingerprint density at radius 3 is 2.92 bits per heavy atom. The summed E-state index contributed by atoms with van der Waals surface area (Å²) in [6.07, 6.45) is 6.69. The van der Waals surface area contributed by atoms with Crippen molar-refractivity contribution in [1.82, 2.24) is 10.3 Å². The molecule has 0 saturated heterocycles. The monoisotopic (exact) mass is 194 g/mol. The summed E-state index contributed by atoms with van der Waals surface area (Å²) < 4.78 is 0. The molecule has 3 heteroatoms. The van der Waals surface area contributed by atoms with Crippen molar-refractivity contribution < 1.29 is 0 Å². The van der Waals surface area contributed by atoms with Gasteiger partial charge in [-0.15, -0.1) is 11.8 Å². The minimum atomic E-state index is 0.778. The van der Waals surface area contributed by atoms with E-state index >= 15 is 0 Å². The molecule has 1 aromatic heterocycles. The molecule has 0 aliphatic heterocycles. The van der Waals surface area contributed by atoms with E-state index in [1.165, 1.54) is 18.4 Å². The lowest BCUT2D eigenvalue weighted by atomic mass is 10.3. The summed E-state index contributed by atoms with van der Waals surface area (Å²) in [5.41, 5.74) is 1.28. The van der Waals surface area contributed by atoms with Gasteiger partial charge < -0.3 is 5.32 Å². The lowest BCUT2D eigenvalue weighted by Gasteiger charge is -2.02. The number of aromatic nitrogens is 1. The Bertz CT molecular complexity index is 267. The maximum atomic E-state index is 4.32. The Hall–Kier alpha value is -0.540. The van der Waals surface area contributed by atoms with Gasteiger partial charge in [0.05, 0.1) is 5.03 Å². The number of rotatable bonds is 4. The van der Waals surface area contributed by atoms with E-state index in [-0.39, 0.29) is 0 Å². The molecule has 70 valence electrons. The predicted molar refractivity (Wildman–Crippen MR) is 55.9 cm³/mol. The standard InChI is InChI=1S/C10H14N2S/c1-13-10-5-2-8(7-12-10)6-11-9-3-4-9/h2,5,7,9,11H,3-4,6H2,1H3. The molecule has 1 aromatic rings. The topological polar surface area (TPSA) is 24.9 Å². The van der Waals surface area contributed by atoms with Gasteiger partial charge in [-0.05, 0) is 30.7 Å². The van der Waals surface area contributed by atoms with Gasteiger partial charge in [-0.2, -0.15) is 0 Å². The van der Waals surface area contributed by atoms with Crippen molar-refractivity contribution in [3.8, 4) is 0 Å². The van der Waals surface area contributed by atoms with Crippen molar-refractivity contribution in [2.24, 2.45) is 0 Å². The minimum Gasteiger partial charge on any atom is -0.310 e. The van der Waals surface area contributed by atoms with Crippen LogP contribution in [-0.4, -0.2) is 17.3 Å². The lowest BCUT2D eigenvalue weighted by Crippen LogP contribution is -2.15. The molecule has 1 fully saturated rings. The van der Waals surface area contributed by atoms with E-state index in [1.807, 2.05) is 12.5 Å². The van der Waals surface area contributed by atoms with Crippen molar-refractivity contribution in [3.63, 3.8) is 0 Å². The molecular weight excluding hydrogens is 180 g/mol. The van der Waals surface area contributed by atoms with Crippen LogP contribution in [0.5, 0.6) is 0 Å². The normalized spacial score (nSPS) is 16.1. The Kier molecular flexibility index (Phi) is 2.86. The first kappa shape index (κ1) is 9.03. The van der Waals surface area contributed by atoms with Crippen LogP contribution >= 0.6 is 11.8 Å². The average Bonchev–Trinajstić information content (AvgIpc) is 2.99.